The van der Waals surface area contributed by atoms with Crippen LogP contribution in [0.2, 0.25) is 0 Å². The fourth-order valence-electron chi connectivity index (χ4n) is 2.50. The Kier molecular flexibility index (Phi) is 5.25. The van der Waals surface area contributed by atoms with Gasteiger partial charge in [0.25, 0.3) is 0 Å². The molecule has 1 fully saturated rings. The van der Waals surface area contributed by atoms with E-state index in [1.807, 2.05) is 0 Å². The van der Waals surface area contributed by atoms with E-state index in [-0.39, 0.29) is 29.1 Å². The molecule has 3 rings (SSSR count). The minimum Gasteiger partial charge on any atom is -0.477 e. The molecule has 5 N–H and O–H groups in total. The first-order valence-corrected chi connectivity index (χ1v) is 11.0. The molecule has 3 heterocycles. The van der Waals surface area contributed by atoms with Crippen molar-refractivity contribution in [1.29, 1.82) is 0 Å². The molecule has 142 valence electrons. The van der Waals surface area contributed by atoms with Gasteiger partial charge in [-0.2, -0.15) is 0 Å². The number of β-lactam (4-membered cyclic amide) rings is 1. The maximum atomic E-state index is 11.9. The number of carbonyl (C=O) groups excluding carboxylic acids is 1. The minimum absolute atomic E-state index is 0.0186. The van der Waals surface area contributed by atoms with Crippen LogP contribution in [0.25, 0.3) is 0 Å². The van der Waals surface area contributed by atoms with E-state index in [4.69, 9.17) is 10.9 Å². The van der Waals surface area contributed by atoms with Crippen LogP contribution in [0.1, 0.15) is 0 Å². The largest absolute Gasteiger partial charge is 0.477 e. The lowest BCUT2D eigenvalue weighted by Gasteiger charge is -2.48. The Hall–Kier alpha value is -1.68. The number of nitrogens with two attached hydrogens (primary N) is 2. The minimum atomic E-state index is -3.66. The Morgan fingerprint density at radius 1 is 1.46 bits per heavy atom. The second-order valence-electron chi connectivity index (χ2n) is 5.53. The molecule has 2 atom stereocenters. The van der Waals surface area contributed by atoms with Gasteiger partial charge in [-0.05, 0) is 16.0 Å². The first-order chi connectivity index (χ1) is 12.2. The number of primary sulfonamides is 1. The monoisotopic (exact) mass is 421 g/mol. The van der Waals surface area contributed by atoms with E-state index < -0.39 is 27.9 Å². The summed E-state index contributed by atoms with van der Waals surface area (Å²) < 4.78 is 23.4. The van der Waals surface area contributed by atoms with Crippen LogP contribution in [0.4, 0.5) is 0 Å². The molecule has 2 aliphatic rings. The molecule has 0 bridgehead atoms. The third kappa shape index (κ3) is 3.71. The number of hydrogen-bond donors (Lipinski definition) is 3. The summed E-state index contributed by atoms with van der Waals surface area (Å²) in [4.78, 5) is 24.7. The lowest BCUT2D eigenvalue weighted by molar-refractivity contribution is -0.147. The molecule has 2 aliphatic heterocycles. The van der Waals surface area contributed by atoms with Crippen LogP contribution in [-0.4, -0.2) is 79.2 Å². The second-order valence-corrected chi connectivity index (χ2v) is 9.31. The Morgan fingerprint density at radius 3 is 2.85 bits per heavy atom. The average molecular weight is 421 g/mol. The Morgan fingerprint density at radius 2 is 2.19 bits per heavy atom. The van der Waals surface area contributed by atoms with Crippen molar-refractivity contribution >= 4 is 45.4 Å². The fourth-order valence-corrected chi connectivity index (χ4v) is 5.26. The van der Waals surface area contributed by atoms with Crippen molar-refractivity contribution in [2.24, 2.45) is 10.9 Å². The van der Waals surface area contributed by atoms with Gasteiger partial charge in [0, 0.05) is 11.5 Å². The number of nitrogens with zero attached hydrogens (tertiary/aromatic N) is 5. The average Bonchev–Trinajstić information content (AvgIpc) is 3.03. The molecular weight excluding hydrogens is 406 g/mol. The summed E-state index contributed by atoms with van der Waals surface area (Å²) in [6, 6.07) is -0.686. The topological polar surface area (TPSA) is 187 Å². The third-order valence-electron chi connectivity index (χ3n) is 3.75. The maximum absolute atomic E-state index is 11.9. The third-order valence-corrected chi connectivity index (χ3v) is 6.91. The van der Waals surface area contributed by atoms with Gasteiger partial charge >= 0.3 is 5.97 Å². The van der Waals surface area contributed by atoms with Crippen LogP contribution < -0.4 is 10.9 Å². The summed E-state index contributed by atoms with van der Waals surface area (Å²) in [5.41, 5.74) is 6.19. The highest BCUT2D eigenvalue weighted by Crippen LogP contribution is 2.40. The van der Waals surface area contributed by atoms with Gasteiger partial charge in [0.1, 0.15) is 17.1 Å². The van der Waals surface area contributed by atoms with E-state index in [0.29, 0.717) is 16.5 Å². The molecule has 0 radical (unpaired) electrons. The predicted octanol–water partition coefficient (Wildman–Crippen LogP) is -2.37. The summed E-state index contributed by atoms with van der Waals surface area (Å²) in [7, 11) is -3.66. The molecule has 26 heavy (non-hydrogen) atoms. The smallest absolute Gasteiger partial charge is 0.352 e. The van der Waals surface area contributed by atoms with Crippen molar-refractivity contribution in [3.05, 3.63) is 11.3 Å². The Bertz CT molecular complexity index is 882. The first kappa shape index (κ1) is 19.1. The molecule has 1 aromatic heterocycles. The van der Waals surface area contributed by atoms with Crippen LogP contribution in [0.3, 0.4) is 0 Å². The number of carboxylic acid groups (broad SMARTS) is 1. The lowest BCUT2D eigenvalue weighted by Crippen LogP contribution is -2.68. The number of aliphatic carboxylic acids is 1. The molecule has 0 saturated carbocycles. The fraction of sp³-hybridized carbons (Fsp3) is 0.545. The molecule has 0 aliphatic carbocycles. The van der Waals surface area contributed by atoms with E-state index >= 15 is 0 Å². The number of aryl methyl sites for hydroxylation is 1. The van der Waals surface area contributed by atoms with Gasteiger partial charge in [-0.1, -0.05) is 11.8 Å². The van der Waals surface area contributed by atoms with Crippen molar-refractivity contribution in [3.63, 3.8) is 0 Å². The number of amides is 1. The van der Waals surface area contributed by atoms with Crippen molar-refractivity contribution in [2.45, 2.75) is 23.1 Å². The van der Waals surface area contributed by atoms with E-state index in [2.05, 4.69) is 15.5 Å². The Balaban J connectivity index is 1.74. The molecule has 12 nitrogen and oxygen atoms in total. The van der Waals surface area contributed by atoms with Gasteiger partial charge in [0.15, 0.2) is 0 Å². The molecular formula is C11H15N7O5S3. The molecule has 1 amide bonds. The number of rotatable bonds is 7. The Labute approximate surface area is 156 Å². The summed E-state index contributed by atoms with van der Waals surface area (Å²) >= 11 is 2.55. The maximum Gasteiger partial charge on any atom is 0.352 e. The van der Waals surface area contributed by atoms with Gasteiger partial charge in [-0.25, -0.2) is 23.0 Å². The highest BCUT2D eigenvalue weighted by Gasteiger charge is 2.51. The summed E-state index contributed by atoms with van der Waals surface area (Å²) in [6.45, 7) is -0.0186. The van der Waals surface area contributed by atoms with Gasteiger partial charge in [0.2, 0.25) is 21.1 Å². The number of sulfonamides is 1. The number of hydrogen-bond acceptors (Lipinski definition) is 10. The lowest BCUT2D eigenvalue weighted by atomic mass is 10.0. The van der Waals surface area contributed by atoms with Crippen LogP contribution in [0, 0.1) is 0 Å². The molecule has 0 spiro atoms. The summed E-state index contributed by atoms with van der Waals surface area (Å²) in [5.74, 6) is -1.29. The normalized spacial score (nSPS) is 23.0. The molecule has 1 aromatic rings. The van der Waals surface area contributed by atoms with Gasteiger partial charge in [-0.15, -0.1) is 16.9 Å². The van der Waals surface area contributed by atoms with Gasteiger partial charge in [0.05, 0.1) is 12.3 Å². The number of carboxylic acids is 1. The van der Waals surface area contributed by atoms with Crippen LogP contribution >= 0.6 is 23.5 Å². The molecule has 15 heteroatoms. The van der Waals surface area contributed by atoms with Crippen LogP contribution in [0.15, 0.2) is 16.4 Å². The molecule has 0 aromatic carbocycles. The molecule has 1 saturated heterocycles. The standard InChI is InChI=1S/C11H15N7O5S3/c12-6-8(19)18-7(10(20)21)5(3-24-9(6)18)4-25-11-14-15-16-17(11)1-2-26(13,22)23/h6,9H,1-4,12H2,(H,20,21)(H2,13,22,23). The predicted molar refractivity (Wildman–Crippen MR) is 92.2 cm³/mol. The van der Waals surface area contributed by atoms with Crippen molar-refractivity contribution in [3.8, 4) is 0 Å². The van der Waals surface area contributed by atoms with E-state index in [0.717, 1.165) is 11.8 Å². The van der Waals surface area contributed by atoms with E-state index in [1.54, 1.807) is 0 Å². The zero-order valence-electron chi connectivity index (χ0n) is 13.2. The number of carbonyl (C=O) groups is 2. The number of tetrazole rings is 1. The number of fused-ring (bicyclic) bond motifs is 1. The van der Waals surface area contributed by atoms with Crippen molar-refractivity contribution < 1.29 is 23.1 Å². The van der Waals surface area contributed by atoms with Gasteiger partial charge in [-0.3, -0.25) is 9.69 Å². The van der Waals surface area contributed by atoms with Crippen LogP contribution in [-0.2, 0) is 26.2 Å². The zero-order chi connectivity index (χ0) is 19.1. The number of aromatic nitrogens is 4. The molecule has 2 unspecified atom stereocenters. The quantitative estimate of drug-likeness (QED) is 0.315. The second kappa shape index (κ2) is 7.15. The first-order valence-electron chi connectivity index (χ1n) is 7.24. The highest BCUT2D eigenvalue weighted by molar-refractivity contribution is 8.01. The zero-order valence-corrected chi connectivity index (χ0v) is 15.6. The summed E-state index contributed by atoms with van der Waals surface area (Å²) in [5, 5.41) is 25.4. The van der Waals surface area contributed by atoms with Crippen molar-refractivity contribution in [1.82, 2.24) is 25.1 Å². The van der Waals surface area contributed by atoms with E-state index in [9.17, 15) is 23.1 Å². The van der Waals surface area contributed by atoms with E-state index in [1.165, 1.54) is 21.3 Å². The highest BCUT2D eigenvalue weighted by atomic mass is 32.2. The SMILES string of the molecule is NC1C(=O)N2C(C(=O)O)=C(CSc3nnnn3CCS(N)(=O)=O)CSC12. The van der Waals surface area contributed by atoms with Gasteiger partial charge < -0.3 is 10.8 Å². The number of thioether (sulfide) groups is 2. The van der Waals surface area contributed by atoms with Crippen LogP contribution in [0.5, 0.6) is 0 Å². The van der Waals surface area contributed by atoms with Crippen molar-refractivity contribution in [2.75, 3.05) is 17.3 Å². The summed E-state index contributed by atoms with van der Waals surface area (Å²) in [6.07, 6.45) is 0.